The van der Waals surface area contributed by atoms with Gasteiger partial charge in [-0.15, -0.1) is 10.2 Å². The number of anilines is 1. The number of piperazine rings is 1. The number of hydrogen-bond acceptors (Lipinski definition) is 6. The van der Waals surface area contributed by atoms with E-state index < -0.39 is 0 Å². The zero-order valence-corrected chi connectivity index (χ0v) is 17.5. The summed E-state index contributed by atoms with van der Waals surface area (Å²) in [6, 6.07) is 14.7. The maximum atomic E-state index is 12.8. The lowest BCUT2D eigenvalue weighted by Crippen LogP contribution is -2.49. The zero-order chi connectivity index (χ0) is 20.3. The summed E-state index contributed by atoms with van der Waals surface area (Å²) in [5.74, 6) is 1.40. The summed E-state index contributed by atoms with van der Waals surface area (Å²) in [5, 5.41) is 9.62. The van der Waals surface area contributed by atoms with Crippen LogP contribution in [0.2, 0.25) is 0 Å². The average molecular weight is 421 g/mol. The fourth-order valence-electron chi connectivity index (χ4n) is 3.80. The lowest BCUT2D eigenvalue weighted by atomic mass is 10.2. The maximum absolute atomic E-state index is 12.8. The molecule has 8 heteroatoms. The van der Waals surface area contributed by atoms with Gasteiger partial charge in [0.1, 0.15) is 0 Å². The van der Waals surface area contributed by atoms with Crippen molar-refractivity contribution in [2.45, 2.75) is 24.0 Å². The lowest BCUT2D eigenvalue weighted by Gasteiger charge is -2.36. The van der Waals surface area contributed by atoms with Crippen LogP contribution in [0.5, 0.6) is 0 Å². The molecule has 0 spiro atoms. The van der Waals surface area contributed by atoms with Crippen molar-refractivity contribution in [3.63, 3.8) is 0 Å². The molecule has 1 saturated carbocycles. The third-order valence-corrected chi connectivity index (χ3v) is 6.50. The minimum Gasteiger partial charge on any atom is -0.368 e. The van der Waals surface area contributed by atoms with E-state index >= 15 is 0 Å². The van der Waals surface area contributed by atoms with E-state index in [2.05, 4.69) is 48.9 Å². The molecule has 5 rings (SSSR count). The Hall–Kier alpha value is -2.87. The Labute approximate surface area is 180 Å². The molecule has 0 N–H and O–H groups in total. The first kappa shape index (κ1) is 19.1. The van der Waals surface area contributed by atoms with Gasteiger partial charge in [-0.25, -0.2) is 0 Å². The molecule has 3 heterocycles. The van der Waals surface area contributed by atoms with Crippen LogP contribution in [0.3, 0.4) is 0 Å². The third-order valence-electron chi connectivity index (χ3n) is 5.57. The average Bonchev–Trinajstić information content (AvgIpc) is 3.57. The maximum Gasteiger partial charge on any atom is 0.233 e. The second kappa shape index (κ2) is 8.47. The Bertz CT molecular complexity index is 997. The van der Waals surface area contributed by atoms with Gasteiger partial charge in [-0.3, -0.25) is 14.3 Å². The van der Waals surface area contributed by atoms with Crippen molar-refractivity contribution in [1.82, 2.24) is 24.6 Å². The number of thioether (sulfide) groups is 1. The van der Waals surface area contributed by atoms with Crippen molar-refractivity contribution in [2.75, 3.05) is 36.8 Å². The van der Waals surface area contributed by atoms with Gasteiger partial charge in [-0.05, 0) is 37.1 Å². The molecule has 1 aliphatic heterocycles. The van der Waals surface area contributed by atoms with Gasteiger partial charge >= 0.3 is 0 Å². The van der Waals surface area contributed by atoms with E-state index in [4.69, 9.17) is 0 Å². The molecule has 0 atom stereocenters. The molecule has 0 radical (unpaired) electrons. The van der Waals surface area contributed by atoms with E-state index in [1.165, 1.54) is 17.4 Å². The topological polar surface area (TPSA) is 67.2 Å². The number of hydrogen-bond donors (Lipinski definition) is 0. The van der Waals surface area contributed by atoms with E-state index in [0.717, 1.165) is 55.6 Å². The van der Waals surface area contributed by atoms with Crippen LogP contribution in [-0.2, 0) is 4.79 Å². The molecule has 0 bridgehead atoms. The van der Waals surface area contributed by atoms with Crippen molar-refractivity contribution in [3.05, 3.63) is 54.9 Å². The second-order valence-corrected chi connectivity index (χ2v) is 8.58. The number of carbonyl (C=O) groups excluding carboxylic acids is 1. The van der Waals surface area contributed by atoms with Crippen molar-refractivity contribution in [2.24, 2.45) is 0 Å². The first-order valence-corrected chi connectivity index (χ1v) is 11.3. The number of rotatable bonds is 6. The molecular weight excluding hydrogens is 396 g/mol. The number of pyridine rings is 1. The molecular formula is C22H24N6OS. The van der Waals surface area contributed by atoms with E-state index in [-0.39, 0.29) is 5.91 Å². The van der Waals surface area contributed by atoms with Gasteiger partial charge in [0.15, 0.2) is 11.0 Å². The molecule has 1 aliphatic carbocycles. The van der Waals surface area contributed by atoms with E-state index in [1.807, 2.05) is 29.3 Å². The van der Waals surface area contributed by atoms with E-state index in [1.54, 1.807) is 6.20 Å². The Morgan fingerprint density at radius 2 is 1.80 bits per heavy atom. The fourth-order valence-corrected chi connectivity index (χ4v) is 4.71. The van der Waals surface area contributed by atoms with Crippen LogP contribution in [0.25, 0.3) is 11.4 Å². The molecule has 1 amide bonds. The summed E-state index contributed by atoms with van der Waals surface area (Å²) in [7, 11) is 0. The quantitative estimate of drug-likeness (QED) is 0.571. The van der Waals surface area contributed by atoms with Crippen LogP contribution in [-0.4, -0.2) is 62.5 Å². The molecule has 3 aromatic rings. The molecule has 2 aromatic heterocycles. The summed E-state index contributed by atoms with van der Waals surface area (Å²) < 4.78 is 2.18. The zero-order valence-electron chi connectivity index (χ0n) is 16.7. The van der Waals surface area contributed by atoms with Crippen LogP contribution >= 0.6 is 11.8 Å². The van der Waals surface area contributed by atoms with Crippen LogP contribution < -0.4 is 4.90 Å². The Balaban J connectivity index is 1.21. The number of para-hydroxylation sites is 1. The van der Waals surface area contributed by atoms with Crippen molar-refractivity contribution in [1.29, 1.82) is 0 Å². The highest BCUT2D eigenvalue weighted by Gasteiger charge is 2.31. The minimum absolute atomic E-state index is 0.168. The predicted octanol–water partition coefficient (Wildman–Crippen LogP) is 3.12. The predicted molar refractivity (Wildman–Crippen MR) is 117 cm³/mol. The van der Waals surface area contributed by atoms with Crippen molar-refractivity contribution in [3.8, 4) is 11.4 Å². The molecule has 2 fully saturated rings. The van der Waals surface area contributed by atoms with E-state index in [0.29, 0.717) is 11.8 Å². The molecule has 2 aliphatic rings. The van der Waals surface area contributed by atoms with Crippen LogP contribution in [0.4, 0.5) is 5.69 Å². The summed E-state index contributed by atoms with van der Waals surface area (Å²) in [6.45, 7) is 3.24. The third kappa shape index (κ3) is 4.05. The van der Waals surface area contributed by atoms with Gasteiger partial charge in [0.2, 0.25) is 5.91 Å². The number of carbonyl (C=O) groups is 1. The summed E-state index contributed by atoms with van der Waals surface area (Å²) in [6.07, 6.45) is 5.84. The Morgan fingerprint density at radius 3 is 2.50 bits per heavy atom. The highest BCUT2D eigenvalue weighted by atomic mass is 32.2. The first-order valence-electron chi connectivity index (χ1n) is 10.4. The number of benzene rings is 1. The Morgan fingerprint density at radius 1 is 1.00 bits per heavy atom. The van der Waals surface area contributed by atoms with Crippen LogP contribution in [0, 0.1) is 0 Å². The molecule has 0 unspecified atom stereocenters. The highest BCUT2D eigenvalue weighted by molar-refractivity contribution is 7.99. The largest absolute Gasteiger partial charge is 0.368 e. The highest BCUT2D eigenvalue weighted by Crippen LogP contribution is 2.41. The number of nitrogens with zero attached hydrogens (tertiary/aromatic N) is 6. The lowest BCUT2D eigenvalue weighted by molar-refractivity contribution is -0.128. The number of amides is 1. The SMILES string of the molecule is O=C(CSc1nnc(-c2cccnc2)n1C1CC1)N1CCN(c2ccccc2)CC1. The normalized spacial score (nSPS) is 16.7. The summed E-state index contributed by atoms with van der Waals surface area (Å²) in [5.41, 5.74) is 2.19. The van der Waals surface area contributed by atoms with Gasteiger partial charge < -0.3 is 9.80 Å². The van der Waals surface area contributed by atoms with Crippen LogP contribution in [0.15, 0.2) is 60.0 Å². The Kier molecular flexibility index (Phi) is 5.40. The van der Waals surface area contributed by atoms with Crippen molar-refractivity contribution < 1.29 is 4.79 Å². The fraction of sp³-hybridized carbons (Fsp3) is 0.364. The smallest absolute Gasteiger partial charge is 0.233 e. The van der Waals surface area contributed by atoms with Gasteiger partial charge in [0.05, 0.1) is 5.75 Å². The first-order chi connectivity index (χ1) is 14.8. The monoisotopic (exact) mass is 420 g/mol. The van der Waals surface area contributed by atoms with E-state index in [9.17, 15) is 4.79 Å². The molecule has 30 heavy (non-hydrogen) atoms. The second-order valence-electron chi connectivity index (χ2n) is 7.64. The molecule has 154 valence electrons. The molecule has 7 nitrogen and oxygen atoms in total. The summed E-state index contributed by atoms with van der Waals surface area (Å²) >= 11 is 1.49. The van der Waals surface area contributed by atoms with Crippen molar-refractivity contribution >= 4 is 23.4 Å². The van der Waals surface area contributed by atoms with Gasteiger partial charge in [0, 0.05) is 55.9 Å². The molecule has 1 aromatic carbocycles. The van der Waals surface area contributed by atoms with Gasteiger partial charge in [-0.1, -0.05) is 30.0 Å². The van der Waals surface area contributed by atoms with Gasteiger partial charge in [-0.2, -0.15) is 0 Å². The standard InChI is InChI=1S/C22H24N6OS/c29-20(27-13-11-26(12-14-27)18-6-2-1-3-7-18)16-30-22-25-24-21(28(22)19-8-9-19)17-5-4-10-23-15-17/h1-7,10,15,19H,8-9,11-14,16H2. The molecule has 1 saturated heterocycles. The minimum atomic E-state index is 0.168. The summed E-state index contributed by atoms with van der Waals surface area (Å²) in [4.78, 5) is 21.3. The van der Waals surface area contributed by atoms with Gasteiger partial charge in [0.25, 0.3) is 0 Å². The number of aromatic nitrogens is 4. The van der Waals surface area contributed by atoms with Crippen LogP contribution in [0.1, 0.15) is 18.9 Å².